The molecule has 0 radical (unpaired) electrons. The first kappa shape index (κ1) is 19.9. The molecule has 0 saturated heterocycles. The van der Waals surface area contributed by atoms with Crippen molar-refractivity contribution in [2.75, 3.05) is 12.4 Å². The number of ether oxygens (including phenoxy) is 2. The topological polar surface area (TPSA) is 68.9 Å². The fourth-order valence-corrected chi connectivity index (χ4v) is 3.33. The van der Waals surface area contributed by atoms with Crippen LogP contribution >= 0.6 is 0 Å². The number of halogens is 3. The van der Waals surface area contributed by atoms with Crippen LogP contribution in [0.4, 0.5) is 24.5 Å². The van der Waals surface area contributed by atoms with Crippen LogP contribution in [0.1, 0.15) is 26.3 Å². The molecule has 0 aromatic heterocycles. The Morgan fingerprint density at radius 2 is 1.79 bits per heavy atom. The van der Waals surface area contributed by atoms with Crippen LogP contribution in [0.25, 0.3) is 0 Å². The maximum atomic E-state index is 15.3. The van der Waals surface area contributed by atoms with Crippen LogP contribution in [0.2, 0.25) is 0 Å². The van der Waals surface area contributed by atoms with Crippen LogP contribution in [0, 0.1) is 5.82 Å². The minimum atomic E-state index is -3.53. The summed E-state index contributed by atoms with van der Waals surface area (Å²) in [6.07, 6.45) is 0. The van der Waals surface area contributed by atoms with Crippen molar-refractivity contribution in [3.63, 3.8) is 0 Å². The molecule has 1 aliphatic rings. The largest absolute Gasteiger partial charge is 0.495 e. The van der Waals surface area contributed by atoms with E-state index < -0.39 is 28.9 Å². The van der Waals surface area contributed by atoms with Crippen LogP contribution in [-0.4, -0.2) is 24.7 Å². The average molecular weight is 393 g/mol. The zero-order valence-electron chi connectivity index (χ0n) is 16.0. The second-order valence-corrected chi connectivity index (χ2v) is 7.23. The number of hydrogen-bond acceptors (Lipinski definition) is 5. The highest BCUT2D eigenvalue weighted by molar-refractivity contribution is 5.74. The molecule has 0 unspecified atom stereocenters. The smallest absolute Gasteiger partial charge is 0.315 e. The van der Waals surface area contributed by atoms with E-state index in [0.717, 1.165) is 13.0 Å². The molecule has 0 spiro atoms. The van der Waals surface area contributed by atoms with E-state index >= 15 is 8.78 Å². The fourth-order valence-electron chi connectivity index (χ4n) is 3.33. The third kappa shape index (κ3) is 3.02. The fraction of sp³-hybridized carbons (Fsp3) is 0.350. The van der Waals surface area contributed by atoms with Crippen molar-refractivity contribution in [3.05, 3.63) is 53.8 Å². The van der Waals surface area contributed by atoms with Gasteiger partial charge in [-0.15, -0.1) is 0 Å². The molecule has 0 fully saturated rings. The van der Waals surface area contributed by atoms with E-state index in [-0.39, 0.29) is 5.56 Å². The molecule has 0 bridgehead atoms. The van der Waals surface area contributed by atoms with Crippen LogP contribution in [0.3, 0.4) is 0 Å². The number of nitrogens with two attached hydrogens (primary N) is 1. The van der Waals surface area contributed by atoms with E-state index in [9.17, 15) is 4.39 Å². The zero-order valence-corrected chi connectivity index (χ0v) is 16.0. The quantitative estimate of drug-likeness (QED) is 0.800. The van der Waals surface area contributed by atoms with Gasteiger partial charge in [0.1, 0.15) is 11.6 Å². The molecule has 5 nitrogen and oxygen atoms in total. The number of benzene rings is 2. The molecule has 28 heavy (non-hydrogen) atoms. The lowest BCUT2D eigenvalue weighted by Crippen LogP contribution is -2.62. The normalized spacial score (nSPS) is 22.8. The van der Waals surface area contributed by atoms with Gasteiger partial charge in [-0.3, -0.25) is 0 Å². The monoisotopic (exact) mass is 393 g/mol. The average Bonchev–Trinajstić information content (AvgIpc) is 2.61. The highest BCUT2D eigenvalue weighted by atomic mass is 19.3. The summed E-state index contributed by atoms with van der Waals surface area (Å²) in [5, 5.41) is 3.06. The summed E-state index contributed by atoms with van der Waals surface area (Å²) < 4.78 is 55.5. The van der Waals surface area contributed by atoms with Crippen molar-refractivity contribution >= 4 is 17.4 Å². The molecular formula is C20H22F3N3O2. The Morgan fingerprint density at radius 3 is 2.46 bits per heavy atom. The van der Waals surface area contributed by atoms with Crippen molar-refractivity contribution < 1.29 is 22.6 Å². The number of rotatable bonds is 4. The van der Waals surface area contributed by atoms with Crippen LogP contribution in [0.15, 0.2) is 47.5 Å². The molecule has 2 aromatic rings. The summed E-state index contributed by atoms with van der Waals surface area (Å²) in [5.41, 5.74) is 2.13. The number of alkyl halides is 2. The van der Waals surface area contributed by atoms with Gasteiger partial charge in [-0.25, -0.2) is 9.38 Å². The number of anilines is 2. The van der Waals surface area contributed by atoms with Crippen LogP contribution < -0.4 is 15.8 Å². The predicted molar refractivity (Wildman–Crippen MR) is 102 cm³/mol. The van der Waals surface area contributed by atoms with Gasteiger partial charge in [0.2, 0.25) is 0 Å². The van der Waals surface area contributed by atoms with E-state index in [4.69, 9.17) is 15.2 Å². The van der Waals surface area contributed by atoms with Gasteiger partial charge in [-0.1, -0.05) is 12.1 Å². The molecule has 0 aliphatic carbocycles. The molecule has 8 heteroatoms. The second-order valence-electron chi connectivity index (χ2n) is 7.23. The molecule has 3 rings (SSSR count). The van der Waals surface area contributed by atoms with Gasteiger partial charge in [-0.2, -0.15) is 8.78 Å². The first-order valence-electron chi connectivity index (χ1n) is 8.64. The Morgan fingerprint density at radius 1 is 1.11 bits per heavy atom. The van der Waals surface area contributed by atoms with Crippen molar-refractivity contribution in [2.45, 2.75) is 37.8 Å². The number of nitrogens with one attached hydrogen (secondary N) is 1. The van der Waals surface area contributed by atoms with Gasteiger partial charge >= 0.3 is 5.92 Å². The Bertz CT molecular complexity index is 931. The summed E-state index contributed by atoms with van der Waals surface area (Å²) in [6.45, 7) is 3.54. The summed E-state index contributed by atoms with van der Waals surface area (Å²) in [4.78, 5) is 3.81. The molecule has 150 valence electrons. The Kier molecular flexibility index (Phi) is 4.69. The Hall–Kier alpha value is -2.90. The minimum Gasteiger partial charge on any atom is -0.495 e. The van der Waals surface area contributed by atoms with E-state index in [1.54, 1.807) is 24.3 Å². The second kappa shape index (κ2) is 6.61. The van der Waals surface area contributed by atoms with Crippen LogP contribution in [0.5, 0.6) is 5.75 Å². The van der Waals surface area contributed by atoms with Crippen molar-refractivity contribution in [1.29, 1.82) is 0 Å². The lowest BCUT2D eigenvalue weighted by atomic mass is 9.77. The van der Waals surface area contributed by atoms with E-state index in [1.165, 1.54) is 33.1 Å². The minimum absolute atomic E-state index is 0.295. The first-order valence-corrected chi connectivity index (χ1v) is 8.64. The number of amidine groups is 1. The van der Waals surface area contributed by atoms with Gasteiger partial charge in [0.15, 0.2) is 11.1 Å². The molecule has 0 saturated carbocycles. The highest BCUT2D eigenvalue weighted by Gasteiger charge is 2.66. The molecule has 3 N–H and O–H groups in total. The van der Waals surface area contributed by atoms with E-state index in [2.05, 4.69) is 10.3 Å². The van der Waals surface area contributed by atoms with E-state index in [0.29, 0.717) is 17.1 Å². The molecule has 2 aromatic carbocycles. The van der Waals surface area contributed by atoms with Gasteiger partial charge in [0, 0.05) is 11.3 Å². The third-order valence-corrected chi connectivity index (χ3v) is 4.94. The third-order valence-electron chi connectivity index (χ3n) is 4.94. The number of hydrogen-bond donors (Lipinski definition) is 2. The number of methoxy groups -OCH3 is 1. The standard InChI is InChI=1S/C20H22F3N3O2/c1-18(2)20(22,23)19(3,26-17(24)28-18)13-11-12(9-10-14(13)21)25-15-7-5-6-8-16(15)27-4/h5-11,25H,1-4H3,(H2,24,26)/t19-/m1/s1. The summed E-state index contributed by atoms with van der Waals surface area (Å²) in [5.74, 6) is -3.80. The summed E-state index contributed by atoms with van der Waals surface area (Å²) >= 11 is 0. The summed E-state index contributed by atoms with van der Waals surface area (Å²) in [7, 11) is 1.51. The lowest BCUT2D eigenvalue weighted by Gasteiger charge is -2.46. The lowest BCUT2D eigenvalue weighted by molar-refractivity contribution is -0.207. The summed E-state index contributed by atoms with van der Waals surface area (Å²) in [6, 6.07) is 10.5. The van der Waals surface area contributed by atoms with Gasteiger partial charge < -0.3 is 20.5 Å². The van der Waals surface area contributed by atoms with Crippen molar-refractivity contribution in [1.82, 2.24) is 0 Å². The molecule has 1 aliphatic heterocycles. The molecular weight excluding hydrogens is 371 g/mol. The van der Waals surface area contributed by atoms with Gasteiger partial charge in [0.25, 0.3) is 6.02 Å². The number of aliphatic imine (C=N–C) groups is 1. The maximum Gasteiger partial charge on any atom is 0.315 e. The molecule has 1 atom stereocenters. The highest BCUT2D eigenvalue weighted by Crippen LogP contribution is 2.52. The van der Waals surface area contributed by atoms with Crippen LogP contribution in [-0.2, 0) is 10.3 Å². The van der Waals surface area contributed by atoms with Crippen molar-refractivity contribution in [2.24, 2.45) is 10.7 Å². The maximum absolute atomic E-state index is 15.3. The molecule has 1 heterocycles. The SMILES string of the molecule is COc1ccccc1Nc1ccc(F)c([C@@]2(C)N=C(N)OC(C)(C)C2(F)F)c1. The first-order chi connectivity index (χ1) is 13.0. The zero-order chi connectivity index (χ0) is 20.7. The Balaban J connectivity index is 2.10. The van der Waals surface area contributed by atoms with Gasteiger partial charge in [0.05, 0.1) is 12.8 Å². The van der Waals surface area contributed by atoms with E-state index in [1.807, 2.05) is 0 Å². The predicted octanol–water partition coefficient (Wildman–Crippen LogP) is 4.55. The number of nitrogens with zero attached hydrogens (tertiary/aromatic N) is 1. The number of para-hydroxylation sites is 2. The van der Waals surface area contributed by atoms with Gasteiger partial charge in [-0.05, 0) is 51.1 Å². The molecule has 0 amide bonds. The Labute approximate surface area is 161 Å². The van der Waals surface area contributed by atoms with Crippen molar-refractivity contribution in [3.8, 4) is 5.75 Å².